The Kier molecular flexibility index (Phi) is 4.71. The zero-order chi connectivity index (χ0) is 19.8. The average molecular weight is 380 g/mol. The van der Waals surface area contributed by atoms with Gasteiger partial charge < -0.3 is 19.7 Å². The van der Waals surface area contributed by atoms with E-state index >= 15 is 0 Å². The number of rotatable bonds is 3. The van der Waals surface area contributed by atoms with Crippen LogP contribution in [0.2, 0.25) is 0 Å². The number of aryl methyl sites for hydroxylation is 1. The summed E-state index contributed by atoms with van der Waals surface area (Å²) in [7, 11) is 3.24. The van der Waals surface area contributed by atoms with Gasteiger partial charge in [-0.1, -0.05) is 0 Å². The molecule has 28 heavy (non-hydrogen) atoms. The fraction of sp³-hybridized carbons (Fsp3) is 0.364. The molecule has 6 heteroatoms. The molecule has 1 aliphatic carbocycles. The highest BCUT2D eigenvalue weighted by Gasteiger charge is 2.29. The van der Waals surface area contributed by atoms with E-state index in [1.807, 2.05) is 36.1 Å². The van der Waals surface area contributed by atoms with Gasteiger partial charge in [0.15, 0.2) is 17.3 Å². The van der Waals surface area contributed by atoms with Crippen LogP contribution in [0.5, 0.6) is 11.5 Å². The molecule has 146 valence electrons. The number of urea groups is 1. The second-order valence-electron chi connectivity index (χ2n) is 7.25. The number of hydrogen-bond acceptors (Lipinski definition) is 4. The molecule has 1 heterocycles. The number of benzene rings is 2. The Morgan fingerprint density at radius 3 is 2.54 bits per heavy atom. The van der Waals surface area contributed by atoms with Crippen molar-refractivity contribution in [3.8, 4) is 11.5 Å². The summed E-state index contributed by atoms with van der Waals surface area (Å²) in [5, 5.41) is 2.99. The van der Waals surface area contributed by atoms with E-state index in [4.69, 9.17) is 9.47 Å². The molecule has 1 aliphatic heterocycles. The number of hydrogen-bond donors (Lipinski definition) is 1. The first-order valence-electron chi connectivity index (χ1n) is 9.50. The molecule has 1 atom stereocenters. The first-order chi connectivity index (χ1) is 13.5. The van der Waals surface area contributed by atoms with Gasteiger partial charge in [0.1, 0.15) is 0 Å². The van der Waals surface area contributed by atoms with Crippen molar-refractivity contribution in [3.63, 3.8) is 0 Å². The summed E-state index contributed by atoms with van der Waals surface area (Å²) in [5.41, 5.74) is 4.75. The largest absolute Gasteiger partial charge is 0.493 e. The Morgan fingerprint density at radius 1 is 1.04 bits per heavy atom. The molecule has 2 aliphatic rings. The van der Waals surface area contributed by atoms with Gasteiger partial charge in [-0.05, 0) is 66.8 Å². The number of methoxy groups -OCH3 is 2. The van der Waals surface area contributed by atoms with Crippen molar-refractivity contribution < 1.29 is 19.1 Å². The van der Waals surface area contributed by atoms with Crippen LogP contribution >= 0.6 is 0 Å². The van der Waals surface area contributed by atoms with E-state index < -0.39 is 0 Å². The van der Waals surface area contributed by atoms with Crippen LogP contribution in [0, 0.1) is 0 Å². The van der Waals surface area contributed by atoms with E-state index in [0.717, 1.165) is 35.2 Å². The molecule has 0 saturated carbocycles. The van der Waals surface area contributed by atoms with Crippen LogP contribution in [0.25, 0.3) is 0 Å². The Hall–Kier alpha value is -3.02. The second-order valence-corrected chi connectivity index (χ2v) is 7.25. The topological polar surface area (TPSA) is 67.9 Å². The van der Waals surface area contributed by atoms with Crippen molar-refractivity contribution in [1.29, 1.82) is 0 Å². The molecule has 2 aromatic carbocycles. The molecule has 0 radical (unpaired) electrons. The summed E-state index contributed by atoms with van der Waals surface area (Å²) in [6.45, 7) is 2.64. The fourth-order valence-corrected chi connectivity index (χ4v) is 4.15. The van der Waals surface area contributed by atoms with E-state index in [2.05, 4.69) is 5.32 Å². The first-order valence-corrected chi connectivity index (χ1v) is 9.50. The number of carbonyl (C=O) groups excluding carboxylic acids is 2. The van der Waals surface area contributed by atoms with Crippen LogP contribution in [-0.4, -0.2) is 37.5 Å². The lowest BCUT2D eigenvalue weighted by Gasteiger charge is -2.35. The predicted molar refractivity (Wildman–Crippen MR) is 106 cm³/mol. The monoisotopic (exact) mass is 380 g/mol. The zero-order valence-corrected chi connectivity index (χ0v) is 16.4. The lowest BCUT2D eigenvalue weighted by atomic mass is 9.93. The molecular formula is C22H24N2O4. The van der Waals surface area contributed by atoms with Gasteiger partial charge in [0.05, 0.1) is 20.3 Å². The molecule has 2 amide bonds. The van der Waals surface area contributed by atoms with Gasteiger partial charge in [0.25, 0.3) is 0 Å². The van der Waals surface area contributed by atoms with Crippen LogP contribution in [0.3, 0.4) is 0 Å². The molecule has 0 aromatic heterocycles. The molecule has 1 unspecified atom stereocenters. The third-order valence-electron chi connectivity index (χ3n) is 5.72. The van der Waals surface area contributed by atoms with E-state index in [1.54, 1.807) is 20.3 Å². The second kappa shape index (κ2) is 7.19. The highest BCUT2D eigenvalue weighted by molar-refractivity contribution is 6.01. The van der Waals surface area contributed by atoms with Crippen molar-refractivity contribution >= 4 is 17.5 Å². The van der Waals surface area contributed by atoms with Gasteiger partial charge in [-0.25, -0.2) is 4.79 Å². The van der Waals surface area contributed by atoms with Gasteiger partial charge in [0, 0.05) is 24.2 Å². The molecule has 1 N–H and O–H groups in total. The lowest BCUT2D eigenvalue weighted by Crippen LogP contribution is -2.41. The first kappa shape index (κ1) is 18.3. The van der Waals surface area contributed by atoms with Gasteiger partial charge in [-0.15, -0.1) is 0 Å². The van der Waals surface area contributed by atoms with E-state index in [0.29, 0.717) is 24.5 Å². The van der Waals surface area contributed by atoms with E-state index in [-0.39, 0.29) is 17.9 Å². The number of fused-ring (bicyclic) bond motifs is 2. The van der Waals surface area contributed by atoms with Crippen LogP contribution in [0.4, 0.5) is 10.5 Å². The van der Waals surface area contributed by atoms with Crippen molar-refractivity contribution in [2.24, 2.45) is 0 Å². The maximum absolute atomic E-state index is 12.9. The van der Waals surface area contributed by atoms with Crippen molar-refractivity contribution in [2.45, 2.75) is 32.2 Å². The maximum Gasteiger partial charge on any atom is 0.322 e. The van der Waals surface area contributed by atoms with Gasteiger partial charge >= 0.3 is 6.03 Å². The molecule has 0 saturated heterocycles. The molecule has 0 spiro atoms. The standard InChI is InChI=1S/C22H24N2O4/c1-13-18-12-21(28-3)20(27-2)11-15(18)8-9-24(13)22(26)23-16-5-6-17-14(10-16)4-7-19(17)25/h5-6,10-13H,4,7-9H2,1-3H3,(H,23,26). The van der Waals surface area contributed by atoms with Crippen LogP contribution in [-0.2, 0) is 12.8 Å². The lowest BCUT2D eigenvalue weighted by molar-refractivity contribution is 0.0994. The maximum atomic E-state index is 12.9. The summed E-state index contributed by atoms with van der Waals surface area (Å²) in [5.74, 6) is 1.55. The van der Waals surface area contributed by atoms with Gasteiger partial charge in [-0.2, -0.15) is 0 Å². The zero-order valence-electron chi connectivity index (χ0n) is 16.4. The third kappa shape index (κ3) is 3.09. The summed E-state index contributed by atoms with van der Waals surface area (Å²) in [6.07, 6.45) is 2.05. The van der Waals surface area contributed by atoms with Crippen molar-refractivity contribution in [1.82, 2.24) is 4.90 Å². The minimum atomic E-state index is -0.141. The number of nitrogens with zero attached hydrogens (tertiary/aromatic N) is 1. The normalized spacial score (nSPS) is 17.8. The number of Topliss-reactive ketones (excluding diaryl/α,β-unsaturated/α-hetero) is 1. The number of nitrogens with one attached hydrogen (secondary N) is 1. The van der Waals surface area contributed by atoms with Gasteiger partial charge in [0.2, 0.25) is 0 Å². The van der Waals surface area contributed by atoms with Gasteiger partial charge in [-0.3, -0.25) is 4.79 Å². The summed E-state index contributed by atoms with van der Waals surface area (Å²) >= 11 is 0. The minimum Gasteiger partial charge on any atom is -0.493 e. The van der Waals surface area contributed by atoms with Crippen LogP contribution in [0.1, 0.15) is 46.4 Å². The predicted octanol–water partition coefficient (Wildman–Crippen LogP) is 3.98. The highest BCUT2D eigenvalue weighted by atomic mass is 16.5. The number of ether oxygens (including phenoxy) is 2. The molecule has 4 rings (SSSR count). The Bertz CT molecular complexity index is 954. The Balaban J connectivity index is 1.54. The molecule has 6 nitrogen and oxygen atoms in total. The quantitative estimate of drug-likeness (QED) is 0.874. The number of carbonyl (C=O) groups is 2. The smallest absolute Gasteiger partial charge is 0.322 e. The summed E-state index contributed by atoms with van der Waals surface area (Å²) < 4.78 is 10.8. The third-order valence-corrected chi connectivity index (χ3v) is 5.72. The van der Waals surface area contributed by atoms with E-state index in [1.165, 1.54) is 5.56 Å². The van der Waals surface area contributed by atoms with E-state index in [9.17, 15) is 9.59 Å². The number of ketones is 1. The van der Waals surface area contributed by atoms with Crippen LogP contribution in [0.15, 0.2) is 30.3 Å². The van der Waals surface area contributed by atoms with Crippen LogP contribution < -0.4 is 14.8 Å². The Morgan fingerprint density at radius 2 is 1.79 bits per heavy atom. The summed E-state index contributed by atoms with van der Waals surface area (Å²) in [4.78, 5) is 26.5. The van der Waals surface area contributed by atoms with Crippen molar-refractivity contribution in [3.05, 3.63) is 52.6 Å². The fourth-order valence-electron chi connectivity index (χ4n) is 4.15. The molecule has 0 bridgehead atoms. The molecule has 0 fully saturated rings. The molecular weight excluding hydrogens is 356 g/mol. The minimum absolute atomic E-state index is 0.0837. The average Bonchev–Trinajstić information content (AvgIpc) is 3.07. The number of amides is 2. The SMILES string of the molecule is COc1cc2c(cc1OC)C(C)N(C(=O)Nc1ccc3c(c1)CCC3=O)CC2. The Labute approximate surface area is 164 Å². The highest BCUT2D eigenvalue weighted by Crippen LogP contribution is 2.38. The summed E-state index contributed by atoms with van der Waals surface area (Å²) in [6, 6.07) is 9.25. The molecule has 2 aromatic rings. The number of anilines is 1. The van der Waals surface area contributed by atoms with Crippen molar-refractivity contribution in [2.75, 3.05) is 26.1 Å².